The van der Waals surface area contributed by atoms with Crippen LogP contribution in [-0.4, -0.2) is 18.0 Å². The van der Waals surface area contributed by atoms with Crippen LogP contribution >= 0.6 is 11.6 Å². The highest BCUT2D eigenvalue weighted by Crippen LogP contribution is 2.30. The van der Waals surface area contributed by atoms with Gasteiger partial charge in [-0.15, -0.1) is 0 Å². The number of esters is 1. The minimum absolute atomic E-state index is 0.0620. The number of nitro benzene ring substituents is 1. The second-order valence-corrected chi connectivity index (χ2v) is 4.83. The molecule has 0 aliphatic heterocycles. The lowest BCUT2D eigenvalue weighted by Gasteiger charge is -2.10. The lowest BCUT2D eigenvalue weighted by atomic mass is 10.2. The molecule has 0 saturated heterocycles. The van der Waals surface area contributed by atoms with Crippen LogP contribution in [0.4, 0.5) is 10.1 Å². The maximum absolute atomic E-state index is 13.7. The molecule has 0 aromatic heterocycles. The van der Waals surface area contributed by atoms with Crippen LogP contribution in [0.25, 0.3) is 0 Å². The maximum Gasteiger partial charge on any atom is 0.337 e. The third kappa shape index (κ3) is 3.75. The predicted octanol–water partition coefficient (Wildman–Crippen LogP) is 3.75. The molecule has 0 atom stereocenters. The lowest BCUT2D eigenvalue weighted by Crippen LogP contribution is -2.05. The fourth-order valence-corrected chi connectivity index (χ4v) is 2.06. The van der Waals surface area contributed by atoms with Crippen molar-refractivity contribution in [2.75, 3.05) is 7.11 Å². The fraction of sp³-hybridized carbons (Fsp3) is 0.133. The van der Waals surface area contributed by atoms with E-state index in [2.05, 4.69) is 4.74 Å². The summed E-state index contributed by atoms with van der Waals surface area (Å²) in [6.07, 6.45) is 0. The SMILES string of the molecule is COC(=O)c1ccc([N+](=O)[O-])c(OCc2c(F)cccc2Cl)c1. The molecule has 2 aromatic rings. The topological polar surface area (TPSA) is 78.7 Å². The normalized spacial score (nSPS) is 10.2. The molecule has 0 heterocycles. The number of hydrogen-bond donors (Lipinski definition) is 0. The van der Waals surface area contributed by atoms with E-state index in [1.165, 1.54) is 37.4 Å². The van der Waals surface area contributed by atoms with Crippen LogP contribution in [0.5, 0.6) is 5.75 Å². The Morgan fingerprint density at radius 2 is 2.09 bits per heavy atom. The molecular formula is C15H11ClFNO5. The summed E-state index contributed by atoms with van der Waals surface area (Å²) in [5.74, 6) is -1.45. The summed E-state index contributed by atoms with van der Waals surface area (Å²) in [5.41, 5.74) is -0.218. The van der Waals surface area contributed by atoms with Crippen molar-refractivity contribution in [2.45, 2.75) is 6.61 Å². The van der Waals surface area contributed by atoms with E-state index in [1.807, 2.05) is 0 Å². The number of halogens is 2. The monoisotopic (exact) mass is 339 g/mol. The van der Waals surface area contributed by atoms with Gasteiger partial charge in [-0.1, -0.05) is 17.7 Å². The highest BCUT2D eigenvalue weighted by molar-refractivity contribution is 6.31. The Morgan fingerprint density at radius 1 is 1.35 bits per heavy atom. The van der Waals surface area contributed by atoms with E-state index in [-0.39, 0.29) is 34.2 Å². The molecule has 0 spiro atoms. The second-order valence-electron chi connectivity index (χ2n) is 4.42. The van der Waals surface area contributed by atoms with Crippen molar-refractivity contribution < 1.29 is 23.6 Å². The van der Waals surface area contributed by atoms with Crippen LogP contribution in [0.3, 0.4) is 0 Å². The number of carbonyl (C=O) groups excluding carboxylic acids is 1. The van der Waals surface area contributed by atoms with Crippen molar-refractivity contribution in [3.05, 3.63) is 68.5 Å². The molecule has 2 aromatic carbocycles. The number of carbonyl (C=O) groups is 1. The van der Waals surface area contributed by atoms with Gasteiger partial charge in [0, 0.05) is 17.7 Å². The Hall–Kier alpha value is -2.67. The molecule has 23 heavy (non-hydrogen) atoms. The number of ether oxygens (including phenoxy) is 2. The molecule has 120 valence electrons. The number of benzene rings is 2. The molecule has 2 rings (SSSR count). The minimum Gasteiger partial charge on any atom is -0.482 e. The first-order chi connectivity index (χ1) is 10.9. The summed E-state index contributed by atoms with van der Waals surface area (Å²) >= 11 is 5.87. The van der Waals surface area contributed by atoms with Gasteiger partial charge in [0.25, 0.3) is 0 Å². The molecule has 0 aliphatic rings. The number of methoxy groups -OCH3 is 1. The van der Waals surface area contributed by atoms with Crippen LogP contribution in [0, 0.1) is 15.9 Å². The van der Waals surface area contributed by atoms with Gasteiger partial charge in [0.05, 0.1) is 22.6 Å². The molecule has 0 amide bonds. The molecular weight excluding hydrogens is 329 g/mol. The van der Waals surface area contributed by atoms with Crippen molar-refractivity contribution in [1.29, 1.82) is 0 Å². The van der Waals surface area contributed by atoms with Gasteiger partial charge in [-0.05, 0) is 18.2 Å². The Kier molecular flexibility index (Phi) is 5.13. The number of nitrogens with zero attached hydrogens (tertiary/aromatic N) is 1. The summed E-state index contributed by atoms with van der Waals surface area (Å²) in [6.45, 7) is -0.322. The predicted molar refractivity (Wildman–Crippen MR) is 80.2 cm³/mol. The quantitative estimate of drug-likeness (QED) is 0.471. The van der Waals surface area contributed by atoms with E-state index in [9.17, 15) is 19.3 Å². The van der Waals surface area contributed by atoms with E-state index in [4.69, 9.17) is 16.3 Å². The van der Waals surface area contributed by atoms with Crippen LogP contribution in [0.1, 0.15) is 15.9 Å². The summed E-state index contributed by atoms with van der Waals surface area (Å²) in [7, 11) is 1.18. The Labute approximate surface area is 135 Å². The zero-order valence-corrected chi connectivity index (χ0v) is 12.7. The van der Waals surface area contributed by atoms with Crippen molar-refractivity contribution in [3.8, 4) is 5.75 Å². The summed E-state index contributed by atoms with van der Waals surface area (Å²) in [5, 5.41) is 11.2. The van der Waals surface area contributed by atoms with Crippen LogP contribution in [-0.2, 0) is 11.3 Å². The largest absolute Gasteiger partial charge is 0.482 e. The molecule has 0 radical (unpaired) electrons. The third-order valence-corrected chi connectivity index (χ3v) is 3.37. The first kappa shape index (κ1) is 16.7. The van der Waals surface area contributed by atoms with Crippen molar-refractivity contribution in [2.24, 2.45) is 0 Å². The Bertz CT molecular complexity index is 745. The standard InChI is InChI=1S/C15H11ClFNO5/c1-22-15(19)9-5-6-13(18(20)21)14(7-9)23-8-10-11(16)3-2-4-12(10)17/h2-7H,8H2,1H3. The van der Waals surface area contributed by atoms with Crippen LogP contribution in [0.2, 0.25) is 5.02 Å². The first-order valence-electron chi connectivity index (χ1n) is 6.36. The average molecular weight is 340 g/mol. The molecule has 0 fully saturated rings. The van der Waals surface area contributed by atoms with Gasteiger partial charge in [-0.2, -0.15) is 0 Å². The second kappa shape index (κ2) is 7.06. The summed E-state index contributed by atoms with van der Waals surface area (Å²) < 4.78 is 23.6. The van der Waals surface area contributed by atoms with Crippen LogP contribution < -0.4 is 4.74 Å². The van der Waals surface area contributed by atoms with Gasteiger partial charge in [0.2, 0.25) is 0 Å². The van der Waals surface area contributed by atoms with E-state index in [1.54, 1.807) is 0 Å². The fourth-order valence-electron chi connectivity index (χ4n) is 1.85. The van der Waals surface area contributed by atoms with Gasteiger partial charge in [0.15, 0.2) is 5.75 Å². The smallest absolute Gasteiger partial charge is 0.337 e. The highest BCUT2D eigenvalue weighted by Gasteiger charge is 2.19. The molecule has 8 heteroatoms. The van der Waals surface area contributed by atoms with E-state index >= 15 is 0 Å². The molecule has 0 saturated carbocycles. The van der Waals surface area contributed by atoms with Gasteiger partial charge in [0.1, 0.15) is 12.4 Å². The van der Waals surface area contributed by atoms with E-state index < -0.39 is 16.7 Å². The third-order valence-electron chi connectivity index (χ3n) is 3.01. The van der Waals surface area contributed by atoms with Crippen molar-refractivity contribution in [1.82, 2.24) is 0 Å². The molecule has 0 N–H and O–H groups in total. The van der Waals surface area contributed by atoms with Gasteiger partial charge in [-0.25, -0.2) is 9.18 Å². The summed E-state index contributed by atoms with van der Waals surface area (Å²) in [6, 6.07) is 7.63. The Morgan fingerprint density at radius 3 is 2.70 bits per heavy atom. The molecule has 0 unspecified atom stereocenters. The van der Waals surface area contributed by atoms with E-state index in [0.29, 0.717) is 0 Å². The average Bonchev–Trinajstić information content (AvgIpc) is 2.53. The lowest BCUT2D eigenvalue weighted by molar-refractivity contribution is -0.385. The molecule has 6 nitrogen and oxygen atoms in total. The summed E-state index contributed by atoms with van der Waals surface area (Å²) in [4.78, 5) is 21.9. The van der Waals surface area contributed by atoms with Gasteiger partial charge in [-0.3, -0.25) is 10.1 Å². The van der Waals surface area contributed by atoms with Gasteiger partial charge < -0.3 is 9.47 Å². The zero-order chi connectivity index (χ0) is 17.0. The number of hydrogen-bond acceptors (Lipinski definition) is 5. The van der Waals surface area contributed by atoms with Gasteiger partial charge >= 0.3 is 11.7 Å². The number of rotatable bonds is 5. The van der Waals surface area contributed by atoms with Crippen molar-refractivity contribution in [3.63, 3.8) is 0 Å². The van der Waals surface area contributed by atoms with Crippen molar-refractivity contribution >= 4 is 23.3 Å². The van der Waals surface area contributed by atoms with E-state index in [0.717, 1.165) is 6.07 Å². The van der Waals surface area contributed by atoms with Crippen LogP contribution in [0.15, 0.2) is 36.4 Å². The number of nitro groups is 1. The molecule has 0 aliphatic carbocycles. The molecule has 0 bridgehead atoms. The zero-order valence-electron chi connectivity index (χ0n) is 11.9. The minimum atomic E-state index is -0.673. The highest BCUT2D eigenvalue weighted by atomic mass is 35.5. The first-order valence-corrected chi connectivity index (χ1v) is 6.74. The maximum atomic E-state index is 13.7. The Balaban J connectivity index is 2.33.